The molecule has 3 aromatic rings. The molecule has 2 aromatic carbocycles. The lowest BCUT2D eigenvalue weighted by atomic mass is 9.88. The van der Waals surface area contributed by atoms with Gasteiger partial charge in [0.2, 0.25) is 0 Å². The van der Waals surface area contributed by atoms with Crippen LogP contribution >= 0.6 is 11.3 Å². The van der Waals surface area contributed by atoms with Gasteiger partial charge in [0.05, 0.1) is 5.56 Å². The first-order chi connectivity index (χ1) is 14.4. The van der Waals surface area contributed by atoms with Gasteiger partial charge in [0.15, 0.2) is 0 Å². The molecule has 0 spiro atoms. The van der Waals surface area contributed by atoms with E-state index in [4.69, 9.17) is 0 Å². The second-order valence-corrected chi connectivity index (χ2v) is 9.20. The SMILES string of the molecule is Cc1cccc(C)c1NC(=O)c1c(NC(=O)c2ccccc2)sc2c1CC[C@@H](C)C2. The standard InChI is InChI=1S/C25H26N2O2S/c1-15-12-13-19-20(14-15)30-25(27-23(28)18-10-5-4-6-11-18)21(19)24(29)26-22-16(2)8-7-9-17(22)3/h4-11,15H,12-14H2,1-3H3,(H,26,29)(H,27,28)/t15-/m1/s1. The number of anilines is 2. The number of aryl methyl sites for hydroxylation is 2. The lowest BCUT2D eigenvalue weighted by Gasteiger charge is -2.19. The van der Waals surface area contributed by atoms with Crippen LogP contribution in [0.3, 0.4) is 0 Å². The highest BCUT2D eigenvalue weighted by atomic mass is 32.1. The van der Waals surface area contributed by atoms with E-state index in [1.165, 1.54) is 4.88 Å². The van der Waals surface area contributed by atoms with E-state index in [-0.39, 0.29) is 11.8 Å². The molecule has 1 aliphatic carbocycles. The van der Waals surface area contributed by atoms with Gasteiger partial charge in [-0.1, -0.05) is 43.3 Å². The fraction of sp³-hybridized carbons (Fsp3) is 0.280. The molecule has 4 nitrogen and oxygen atoms in total. The number of amides is 2. The maximum atomic E-state index is 13.4. The first-order valence-electron chi connectivity index (χ1n) is 10.3. The Morgan fingerprint density at radius 2 is 1.63 bits per heavy atom. The highest BCUT2D eigenvalue weighted by molar-refractivity contribution is 7.17. The van der Waals surface area contributed by atoms with Gasteiger partial charge in [-0.2, -0.15) is 0 Å². The third-order valence-corrected chi connectivity index (χ3v) is 6.89. The average molecular weight is 419 g/mol. The van der Waals surface area contributed by atoms with Crippen molar-refractivity contribution in [1.29, 1.82) is 0 Å². The van der Waals surface area contributed by atoms with Crippen LogP contribution in [-0.4, -0.2) is 11.8 Å². The molecule has 0 unspecified atom stereocenters. The van der Waals surface area contributed by atoms with E-state index in [0.29, 0.717) is 22.0 Å². The highest BCUT2D eigenvalue weighted by Gasteiger charge is 2.29. The zero-order valence-electron chi connectivity index (χ0n) is 17.5. The summed E-state index contributed by atoms with van der Waals surface area (Å²) in [4.78, 5) is 27.4. The number of rotatable bonds is 4. The van der Waals surface area contributed by atoms with E-state index in [9.17, 15) is 9.59 Å². The van der Waals surface area contributed by atoms with Crippen LogP contribution in [0.25, 0.3) is 0 Å². The number of benzene rings is 2. The van der Waals surface area contributed by atoms with Crippen molar-refractivity contribution >= 4 is 33.8 Å². The van der Waals surface area contributed by atoms with Crippen molar-refractivity contribution in [2.24, 2.45) is 5.92 Å². The van der Waals surface area contributed by atoms with E-state index in [1.54, 1.807) is 23.5 Å². The van der Waals surface area contributed by atoms with Gasteiger partial charge in [-0.05, 0) is 67.9 Å². The monoisotopic (exact) mass is 418 g/mol. The van der Waals surface area contributed by atoms with E-state index in [2.05, 4.69) is 17.6 Å². The summed E-state index contributed by atoms with van der Waals surface area (Å²) in [5, 5.41) is 6.77. The number of carbonyl (C=O) groups is 2. The number of fused-ring (bicyclic) bond motifs is 1. The molecule has 0 radical (unpaired) electrons. The summed E-state index contributed by atoms with van der Waals surface area (Å²) in [5.41, 5.74) is 5.18. The molecule has 30 heavy (non-hydrogen) atoms. The second-order valence-electron chi connectivity index (χ2n) is 8.10. The number of para-hydroxylation sites is 1. The molecular formula is C25H26N2O2S. The van der Waals surface area contributed by atoms with Crippen molar-refractivity contribution in [3.05, 3.63) is 81.2 Å². The van der Waals surface area contributed by atoms with Crippen molar-refractivity contribution in [2.75, 3.05) is 10.6 Å². The fourth-order valence-electron chi connectivity index (χ4n) is 4.03. The van der Waals surface area contributed by atoms with Crippen LogP contribution in [0.4, 0.5) is 10.7 Å². The molecule has 0 saturated heterocycles. The molecule has 1 heterocycles. The summed E-state index contributed by atoms with van der Waals surface area (Å²) in [6.07, 6.45) is 2.87. The molecule has 1 aromatic heterocycles. The van der Waals surface area contributed by atoms with Crippen molar-refractivity contribution in [3.8, 4) is 0 Å². The smallest absolute Gasteiger partial charge is 0.258 e. The molecule has 2 amide bonds. The summed E-state index contributed by atoms with van der Waals surface area (Å²) < 4.78 is 0. The van der Waals surface area contributed by atoms with Crippen LogP contribution in [0.2, 0.25) is 0 Å². The van der Waals surface area contributed by atoms with Crippen LogP contribution in [0.5, 0.6) is 0 Å². The first-order valence-corrected chi connectivity index (χ1v) is 11.1. The third kappa shape index (κ3) is 4.03. The summed E-state index contributed by atoms with van der Waals surface area (Å²) >= 11 is 1.54. The zero-order chi connectivity index (χ0) is 21.3. The Morgan fingerprint density at radius 1 is 0.933 bits per heavy atom. The summed E-state index contributed by atoms with van der Waals surface area (Å²) in [6, 6.07) is 15.1. The largest absolute Gasteiger partial charge is 0.321 e. The van der Waals surface area contributed by atoms with Gasteiger partial charge in [0.1, 0.15) is 5.00 Å². The molecule has 0 bridgehead atoms. The molecule has 5 heteroatoms. The third-order valence-electron chi connectivity index (χ3n) is 5.72. The van der Waals surface area contributed by atoms with Crippen LogP contribution in [0, 0.1) is 19.8 Å². The van der Waals surface area contributed by atoms with Crippen LogP contribution in [0.1, 0.15) is 55.6 Å². The molecule has 1 atom stereocenters. The summed E-state index contributed by atoms with van der Waals surface area (Å²) in [5.74, 6) is 0.245. The van der Waals surface area contributed by atoms with Crippen molar-refractivity contribution < 1.29 is 9.59 Å². The number of carbonyl (C=O) groups excluding carboxylic acids is 2. The van der Waals surface area contributed by atoms with Crippen molar-refractivity contribution in [2.45, 2.75) is 40.0 Å². The Hall–Kier alpha value is -2.92. The quantitative estimate of drug-likeness (QED) is 0.546. The maximum absolute atomic E-state index is 13.4. The van der Waals surface area contributed by atoms with Gasteiger partial charge in [-0.25, -0.2) is 0 Å². The van der Waals surface area contributed by atoms with E-state index in [1.807, 2.05) is 50.2 Å². The van der Waals surface area contributed by atoms with E-state index in [0.717, 1.165) is 41.6 Å². The minimum absolute atomic E-state index is 0.150. The molecule has 0 aliphatic heterocycles. The number of thiophene rings is 1. The fourth-order valence-corrected chi connectivity index (χ4v) is 5.43. The topological polar surface area (TPSA) is 58.2 Å². The molecule has 2 N–H and O–H groups in total. The van der Waals surface area contributed by atoms with Crippen molar-refractivity contribution in [1.82, 2.24) is 0 Å². The second kappa shape index (κ2) is 8.44. The lowest BCUT2D eigenvalue weighted by molar-refractivity contribution is 0.102. The number of hydrogen-bond donors (Lipinski definition) is 2. The van der Waals surface area contributed by atoms with Gasteiger partial charge in [-0.15, -0.1) is 11.3 Å². The minimum atomic E-state index is -0.191. The Bertz CT molecular complexity index is 1080. The Kier molecular flexibility index (Phi) is 5.73. The molecule has 0 fully saturated rings. The molecular weight excluding hydrogens is 392 g/mol. The highest BCUT2D eigenvalue weighted by Crippen LogP contribution is 2.40. The normalized spacial score (nSPS) is 15.4. The van der Waals surface area contributed by atoms with E-state index >= 15 is 0 Å². The van der Waals surface area contributed by atoms with Gasteiger partial charge >= 0.3 is 0 Å². The minimum Gasteiger partial charge on any atom is -0.321 e. The van der Waals surface area contributed by atoms with Crippen LogP contribution in [0.15, 0.2) is 48.5 Å². The predicted octanol–water partition coefficient (Wildman–Crippen LogP) is 5.99. The van der Waals surface area contributed by atoms with Gasteiger partial charge in [0.25, 0.3) is 11.8 Å². The predicted molar refractivity (Wildman–Crippen MR) is 124 cm³/mol. The Labute approximate surface area is 181 Å². The lowest BCUT2D eigenvalue weighted by Crippen LogP contribution is -2.20. The molecule has 4 rings (SSSR count). The Balaban J connectivity index is 1.70. The first kappa shape index (κ1) is 20.4. The Morgan fingerprint density at radius 3 is 2.33 bits per heavy atom. The zero-order valence-corrected chi connectivity index (χ0v) is 18.4. The molecule has 1 aliphatic rings. The molecule has 0 saturated carbocycles. The van der Waals surface area contributed by atoms with Crippen LogP contribution in [-0.2, 0) is 12.8 Å². The summed E-state index contributed by atoms with van der Waals surface area (Å²) in [7, 11) is 0. The van der Waals surface area contributed by atoms with Crippen molar-refractivity contribution in [3.63, 3.8) is 0 Å². The summed E-state index contributed by atoms with van der Waals surface area (Å²) in [6.45, 7) is 6.22. The van der Waals surface area contributed by atoms with Gasteiger partial charge < -0.3 is 10.6 Å². The average Bonchev–Trinajstić information content (AvgIpc) is 3.08. The number of nitrogens with one attached hydrogen (secondary N) is 2. The van der Waals surface area contributed by atoms with Crippen LogP contribution < -0.4 is 10.6 Å². The molecule has 154 valence electrons. The van der Waals surface area contributed by atoms with E-state index < -0.39 is 0 Å². The van der Waals surface area contributed by atoms with Gasteiger partial charge in [0, 0.05) is 16.1 Å². The number of hydrogen-bond acceptors (Lipinski definition) is 3. The van der Waals surface area contributed by atoms with Gasteiger partial charge in [-0.3, -0.25) is 9.59 Å². The maximum Gasteiger partial charge on any atom is 0.258 e.